The Hall–Kier alpha value is -2.15. The zero-order valence-electron chi connectivity index (χ0n) is 15.6. The van der Waals surface area contributed by atoms with E-state index in [9.17, 15) is 0 Å². The largest absolute Gasteiger partial charge is 0.493 e. The fourth-order valence-electron chi connectivity index (χ4n) is 2.91. The van der Waals surface area contributed by atoms with E-state index >= 15 is 0 Å². The maximum Gasteiger partial charge on any atom is 0.203 e. The van der Waals surface area contributed by atoms with Crippen molar-refractivity contribution in [1.29, 1.82) is 0 Å². The van der Waals surface area contributed by atoms with Gasteiger partial charge in [-0.2, -0.15) is 0 Å². The lowest BCUT2D eigenvalue weighted by Crippen LogP contribution is -2.41. The van der Waals surface area contributed by atoms with Crippen LogP contribution in [0.25, 0.3) is 0 Å². The summed E-state index contributed by atoms with van der Waals surface area (Å²) in [7, 11) is 6.62. The SMILES string of the molecule is CN=C(NCCc1ccc(OC)c(OC)c1OC)NCC1CCCO1. The van der Waals surface area contributed by atoms with Gasteiger partial charge < -0.3 is 29.6 Å². The fraction of sp³-hybridized carbons (Fsp3) is 0.611. The van der Waals surface area contributed by atoms with Gasteiger partial charge in [0.1, 0.15) is 0 Å². The van der Waals surface area contributed by atoms with Gasteiger partial charge in [0, 0.05) is 32.3 Å². The third-order valence-corrected chi connectivity index (χ3v) is 4.22. The van der Waals surface area contributed by atoms with E-state index in [1.165, 1.54) is 0 Å². The van der Waals surface area contributed by atoms with Gasteiger partial charge >= 0.3 is 0 Å². The number of aliphatic imine (C=N–C) groups is 1. The summed E-state index contributed by atoms with van der Waals surface area (Å²) < 4.78 is 21.9. The first-order chi connectivity index (χ1) is 12.2. The standard InChI is InChI=1S/C18H29N3O4/c1-19-18(21-12-14-6-5-11-25-14)20-10-9-13-7-8-15(22-2)17(24-4)16(13)23-3/h7-8,14H,5-6,9-12H2,1-4H3,(H2,19,20,21). The van der Waals surface area contributed by atoms with Gasteiger partial charge in [0.25, 0.3) is 0 Å². The summed E-state index contributed by atoms with van der Waals surface area (Å²) in [5.41, 5.74) is 1.04. The van der Waals surface area contributed by atoms with Crippen LogP contribution in [0.2, 0.25) is 0 Å². The highest BCUT2D eigenvalue weighted by molar-refractivity contribution is 5.79. The molecule has 1 heterocycles. The number of hydrogen-bond donors (Lipinski definition) is 2. The highest BCUT2D eigenvalue weighted by Gasteiger charge is 2.17. The first-order valence-corrected chi connectivity index (χ1v) is 8.57. The van der Waals surface area contributed by atoms with Crippen molar-refractivity contribution in [2.75, 3.05) is 48.1 Å². The minimum atomic E-state index is 0.282. The highest BCUT2D eigenvalue weighted by atomic mass is 16.5. The molecule has 1 atom stereocenters. The monoisotopic (exact) mass is 351 g/mol. The second-order valence-electron chi connectivity index (χ2n) is 5.76. The van der Waals surface area contributed by atoms with Crippen LogP contribution in [0.15, 0.2) is 17.1 Å². The van der Waals surface area contributed by atoms with Gasteiger partial charge in [-0.3, -0.25) is 4.99 Å². The van der Waals surface area contributed by atoms with E-state index in [4.69, 9.17) is 18.9 Å². The first kappa shape index (κ1) is 19.2. The smallest absolute Gasteiger partial charge is 0.203 e. The van der Waals surface area contributed by atoms with Crippen molar-refractivity contribution in [3.8, 4) is 17.2 Å². The number of rotatable bonds is 8. The van der Waals surface area contributed by atoms with Gasteiger partial charge in [-0.15, -0.1) is 0 Å². The molecule has 0 aliphatic carbocycles. The molecule has 1 saturated heterocycles. The van der Waals surface area contributed by atoms with Gasteiger partial charge in [-0.25, -0.2) is 0 Å². The number of guanidine groups is 1. The van der Waals surface area contributed by atoms with Crippen molar-refractivity contribution in [3.63, 3.8) is 0 Å². The molecule has 2 N–H and O–H groups in total. The molecule has 1 aromatic carbocycles. The first-order valence-electron chi connectivity index (χ1n) is 8.57. The molecular weight excluding hydrogens is 322 g/mol. The molecule has 1 unspecified atom stereocenters. The third kappa shape index (κ3) is 5.16. The molecule has 25 heavy (non-hydrogen) atoms. The Morgan fingerprint density at radius 3 is 2.56 bits per heavy atom. The Bertz CT molecular complexity index is 572. The second-order valence-corrected chi connectivity index (χ2v) is 5.76. The fourth-order valence-corrected chi connectivity index (χ4v) is 2.91. The van der Waals surface area contributed by atoms with Crippen molar-refractivity contribution >= 4 is 5.96 Å². The molecule has 0 aromatic heterocycles. The van der Waals surface area contributed by atoms with Crippen molar-refractivity contribution < 1.29 is 18.9 Å². The Labute approximate surface area is 149 Å². The molecule has 0 saturated carbocycles. The summed E-state index contributed by atoms with van der Waals surface area (Å²) in [6.45, 7) is 2.36. The highest BCUT2D eigenvalue weighted by Crippen LogP contribution is 2.39. The van der Waals surface area contributed by atoms with Crippen molar-refractivity contribution in [3.05, 3.63) is 17.7 Å². The van der Waals surface area contributed by atoms with Crippen molar-refractivity contribution in [1.82, 2.24) is 10.6 Å². The Kier molecular flexibility index (Phi) is 7.66. The van der Waals surface area contributed by atoms with Gasteiger partial charge in [-0.1, -0.05) is 6.07 Å². The molecular formula is C18H29N3O4. The Balaban J connectivity index is 1.89. The zero-order chi connectivity index (χ0) is 18.1. The van der Waals surface area contributed by atoms with Crippen LogP contribution in [0.1, 0.15) is 18.4 Å². The predicted octanol–water partition coefficient (Wildman–Crippen LogP) is 1.60. The number of nitrogens with one attached hydrogen (secondary N) is 2. The molecule has 7 nitrogen and oxygen atoms in total. The summed E-state index contributed by atoms with van der Waals surface area (Å²) in [6.07, 6.45) is 3.29. The molecule has 7 heteroatoms. The molecule has 0 radical (unpaired) electrons. The molecule has 1 aliphatic rings. The van der Waals surface area contributed by atoms with E-state index < -0.39 is 0 Å². The Morgan fingerprint density at radius 1 is 1.16 bits per heavy atom. The van der Waals surface area contributed by atoms with Crippen LogP contribution in [0.4, 0.5) is 0 Å². The Morgan fingerprint density at radius 2 is 1.96 bits per heavy atom. The van der Waals surface area contributed by atoms with Crippen LogP contribution in [0, 0.1) is 0 Å². The molecule has 0 amide bonds. The van der Waals surface area contributed by atoms with Gasteiger partial charge in [-0.05, 0) is 25.3 Å². The lowest BCUT2D eigenvalue weighted by atomic mass is 10.1. The van der Waals surface area contributed by atoms with Crippen LogP contribution in [0.5, 0.6) is 17.2 Å². The lowest BCUT2D eigenvalue weighted by molar-refractivity contribution is 0.114. The van der Waals surface area contributed by atoms with Crippen LogP contribution < -0.4 is 24.8 Å². The number of benzene rings is 1. The number of ether oxygens (including phenoxy) is 4. The number of methoxy groups -OCH3 is 3. The number of hydrogen-bond acceptors (Lipinski definition) is 5. The summed E-state index contributed by atoms with van der Waals surface area (Å²) >= 11 is 0. The normalized spacial score (nSPS) is 17.3. The molecule has 1 aliphatic heterocycles. The van der Waals surface area contributed by atoms with Gasteiger partial charge in [0.05, 0.1) is 27.4 Å². The minimum absolute atomic E-state index is 0.282. The topological polar surface area (TPSA) is 73.3 Å². The average molecular weight is 351 g/mol. The third-order valence-electron chi connectivity index (χ3n) is 4.22. The molecule has 0 bridgehead atoms. The van der Waals surface area contributed by atoms with Crippen LogP contribution in [-0.4, -0.2) is 60.1 Å². The maximum absolute atomic E-state index is 5.61. The van der Waals surface area contributed by atoms with Crippen molar-refractivity contribution in [2.45, 2.75) is 25.4 Å². The zero-order valence-corrected chi connectivity index (χ0v) is 15.6. The molecule has 0 spiro atoms. The summed E-state index contributed by atoms with van der Waals surface area (Å²) in [5, 5.41) is 6.62. The van der Waals surface area contributed by atoms with E-state index in [0.717, 1.165) is 50.5 Å². The van der Waals surface area contributed by atoms with E-state index in [1.807, 2.05) is 12.1 Å². The van der Waals surface area contributed by atoms with Gasteiger partial charge in [0.15, 0.2) is 17.5 Å². The number of nitrogens with zero attached hydrogens (tertiary/aromatic N) is 1. The maximum atomic E-state index is 5.61. The second kappa shape index (κ2) is 9.98. The predicted molar refractivity (Wildman–Crippen MR) is 98.1 cm³/mol. The lowest BCUT2D eigenvalue weighted by Gasteiger charge is -2.17. The molecule has 140 valence electrons. The van der Waals surface area contributed by atoms with Crippen LogP contribution in [0.3, 0.4) is 0 Å². The quantitative estimate of drug-likeness (QED) is 0.547. The average Bonchev–Trinajstić information content (AvgIpc) is 3.17. The molecule has 1 fully saturated rings. The van der Waals surface area contributed by atoms with Gasteiger partial charge in [0.2, 0.25) is 5.75 Å². The van der Waals surface area contributed by atoms with Crippen molar-refractivity contribution in [2.24, 2.45) is 4.99 Å². The van der Waals surface area contributed by atoms with Crippen LogP contribution >= 0.6 is 0 Å². The van der Waals surface area contributed by atoms with E-state index in [1.54, 1.807) is 28.4 Å². The van der Waals surface area contributed by atoms with E-state index in [-0.39, 0.29) is 6.10 Å². The molecule has 1 aromatic rings. The summed E-state index contributed by atoms with van der Waals surface area (Å²) in [5.74, 6) is 2.74. The summed E-state index contributed by atoms with van der Waals surface area (Å²) in [4.78, 5) is 4.25. The summed E-state index contributed by atoms with van der Waals surface area (Å²) in [6, 6.07) is 3.88. The van der Waals surface area contributed by atoms with E-state index in [0.29, 0.717) is 17.2 Å². The molecule has 2 rings (SSSR count). The minimum Gasteiger partial charge on any atom is -0.493 e. The van der Waals surface area contributed by atoms with Crippen LogP contribution in [-0.2, 0) is 11.2 Å². The van der Waals surface area contributed by atoms with E-state index in [2.05, 4.69) is 15.6 Å².